The molecule has 1 aliphatic rings. The fourth-order valence-corrected chi connectivity index (χ4v) is 3.86. The van der Waals surface area contributed by atoms with Crippen LogP contribution in [0, 0.1) is 11.8 Å². The van der Waals surface area contributed by atoms with E-state index in [1.165, 1.54) is 4.90 Å². The van der Waals surface area contributed by atoms with Crippen LogP contribution in [0.25, 0.3) is 0 Å². The number of benzene rings is 1. The van der Waals surface area contributed by atoms with Crippen molar-refractivity contribution in [2.75, 3.05) is 0 Å². The van der Waals surface area contributed by atoms with Crippen molar-refractivity contribution in [2.24, 2.45) is 11.8 Å². The van der Waals surface area contributed by atoms with Gasteiger partial charge in [-0.1, -0.05) is 56.4 Å². The van der Waals surface area contributed by atoms with Crippen molar-refractivity contribution in [1.82, 2.24) is 0 Å². The molecule has 0 bridgehead atoms. The third-order valence-corrected chi connectivity index (χ3v) is 5.60. The molecule has 1 aromatic carbocycles. The van der Waals surface area contributed by atoms with Gasteiger partial charge in [-0.3, -0.25) is 4.79 Å². The second-order valence-corrected chi connectivity index (χ2v) is 7.66. The van der Waals surface area contributed by atoms with Gasteiger partial charge in [0.2, 0.25) is 0 Å². The molecule has 1 aromatic rings. The number of ketones is 1. The van der Waals surface area contributed by atoms with Gasteiger partial charge in [0, 0.05) is 11.3 Å². The topological polar surface area (TPSA) is 17.1 Å². The van der Waals surface area contributed by atoms with E-state index in [1.807, 2.05) is 18.2 Å². The Morgan fingerprint density at radius 3 is 2.55 bits per heavy atom. The second kappa shape index (κ2) is 8.38. The van der Waals surface area contributed by atoms with Crippen LogP contribution in [-0.2, 0) is 4.79 Å². The van der Waals surface area contributed by atoms with Gasteiger partial charge in [0.1, 0.15) is 5.78 Å². The number of hydrogen-bond acceptors (Lipinski definition) is 2. The van der Waals surface area contributed by atoms with E-state index in [4.69, 9.17) is 0 Å². The highest BCUT2D eigenvalue weighted by atomic mass is 32.2. The van der Waals surface area contributed by atoms with Crippen LogP contribution in [0.15, 0.2) is 59.5 Å². The fraction of sp³-hybridized carbons (Fsp3) is 0.450. The molecule has 0 saturated carbocycles. The van der Waals surface area contributed by atoms with Gasteiger partial charge in [-0.05, 0) is 43.2 Å². The van der Waals surface area contributed by atoms with Crippen molar-refractivity contribution in [3.63, 3.8) is 0 Å². The van der Waals surface area contributed by atoms with Crippen LogP contribution < -0.4 is 0 Å². The number of hydrogen-bond donors (Lipinski definition) is 0. The Morgan fingerprint density at radius 1 is 1.14 bits per heavy atom. The lowest BCUT2D eigenvalue weighted by Crippen LogP contribution is -2.20. The highest BCUT2D eigenvalue weighted by Gasteiger charge is 2.22. The molecule has 22 heavy (non-hydrogen) atoms. The third-order valence-electron chi connectivity index (χ3n) is 4.27. The number of carbonyl (C=O) groups is 1. The van der Waals surface area contributed by atoms with Crippen molar-refractivity contribution in [2.45, 2.75) is 49.7 Å². The number of allylic oxidation sites excluding steroid dienone is 3. The number of thioether (sulfide) groups is 1. The van der Waals surface area contributed by atoms with Gasteiger partial charge in [0.25, 0.3) is 0 Å². The summed E-state index contributed by atoms with van der Waals surface area (Å²) in [6, 6.07) is 10.2. The summed E-state index contributed by atoms with van der Waals surface area (Å²) in [7, 11) is 0. The van der Waals surface area contributed by atoms with Crippen LogP contribution in [0.3, 0.4) is 0 Å². The first-order chi connectivity index (χ1) is 10.6. The van der Waals surface area contributed by atoms with Crippen molar-refractivity contribution < 1.29 is 4.79 Å². The molecule has 0 radical (unpaired) electrons. The molecule has 2 atom stereocenters. The summed E-state index contributed by atoms with van der Waals surface area (Å²) in [6.45, 7) is 8.59. The summed E-state index contributed by atoms with van der Waals surface area (Å²) in [5, 5.41) is 0.0541. The van der Waals surface area contributed by atoms with Crippen LogP contribution in [-0.4, -0.2) is 11.0 Å². The lowest BCUT2D eigenvalue weighted by Gasteiger charge is -2.21. The van der Waals surface area contributed by atoms with Crippen LogP contribution in [0.5, 0.6) is 0 Å². The van der Waals surface area contributed by atoms with Gasteiger partial charge in [-0.15, -0.1) is 11.8 Å². The Balaban J connectivity index is 2.10. The van der Waals surface area contributed by atoms with Crippen molar-refractivity contribution in [3.8, 4) is 0 Å². The standard InChI is InChI=1S/C20H26OS/c1-15(2)17-11-9-16(3)10-14-20(19(21)13-12-17)22-18-7-5-4-6-8-18/h4-9,11,15,17,20H,3,10,12-14H2,1-2H3. The largest absolute Gasteiger partial charge is 0.298 e. The summed E-state index contributed by atoms with van der Waals surface area (Å²) >= 11 is 1.71. The van der Waals surface area contributed by atoms with Crippen LogP contribution in [0.4, 0.5) is 0 Å². The number of Topliss-reactive ketones (excluding diaryl/α,β-unsaturated/α-hetero) is 1. The molecule has 1 aliphatic carbocycles. The molecule has 2 heteroatoms. The Morgan fingerprint density at radius 2 is 1.86 bits per heavy atom. The number of carbonyl (C=O) groups excluding carboxylic acids is 1. The van der Waals surface area contributed by atoms with Gasteiger partial charge >= 0.3 is 0 Å². The first kappa shape index (κ1) is 17.1. The van der Waals surface area contributed by atoms with E-state index in [0.29, 0.717) is 24.0 Å². The maximum absolute atomic E-state index is 12.6. The maximum Gasteiger partial charge on any atom is 0.146 e. The zero-order valence-corrected chi connectivity index (χ0v) is 14.4. The molecule has 2 rings (SSSR count). The smallest absolute Gasteiger partial charge is 0.146 e. The lowest BCUT2D eigenvalue weighted by atomic mass is 9.87. The summed E-state index contributed by atoms with van der Waals surface area (Å²) in [5.74, 6) is 1.43. The predicted molar refractivity (Wildman–Crippen MR) is 96.2 cm³/mol. The average Bonchev–Trinajstić information content (AvgIpc) is 2.51. The molecule has 0 aliphatic heterocycles. The monoisotopic (exact) mass is 314 g/mol. The minimum absolute atomic E-state index is 0.0541. The molecule has 0 aromatic heterocycles. The van der Waals surface area contributed by atoms with Crippen molar-refractivity contribution >= 4 is 17.5 Å². The average molecular weight is 314 g/mol. The highest BCUT2D eigenvalue weighted by molar-refractivity contribution is 8.00. The Kier molecular flexibility index (Phi) is 6.50. The van der Waals surface area contributed by atoms with E-state index >= 15 is 0 Å². The minimum atomic E-state index is 0.0541. The van der Waals surface area contributed by atoms with Gasteiger partial charge in [-0.2, -0.15) is 0 Å². The minimum Gasteiger partial charge on any atom is -0.298 e. The Labute approximate surface area is 138 Å². The van der Waals surface area contributed by atoms with Gasteiger partial charge in [0.15, 0.2) is 0 Å². The number of rotatable bonds is 3. The van der Waals surface area contributed by atoms with Gasteiger partial charge in [0.05, 0.1) is 5.25 Å². The molecular formula is C20H26OS. The molecule has 2 unspecified atom stereocenters. The van der Waals surface area contributed by atoms with Crippen LogP contribution in [0.2, 0.25) is 0 Å². The van der Waals surface area contributed by atoms with E-state index in [1.54, 1.807) is 11.8 Å². The van der Waals surface area contributed by atoms with E-state index in [-0.39, 0.29) is 5.25 Å². The molecule has 0 spiro atoms. The maximum atomic E-state index is 12.6. The van der Waals surface area contributed by atoms with Crippen LogP contribution in [0.1, 0.15) is 39.5 Å². The zero-order valence-electron chi connectivity index (χ0n) is 13.6. The van der Waals surface area contributed by atoms with Gasteiger partial charge < -0.3 is 0 Å². The van der Waals surface area contributed by atoms with Gasteiger partial charge in [-0.25, -0.2) is 0 Å². The summed E-state index contributed by atoms with van der Waals surface area (Å²) < 4.78 is 0. The SMILES string of the molecule is C=C1C=CC(C(C)C)CCC(=O)C(Sc2ccccc2)CC1. The Bertz CT molecular complexity index is 530. The van der Waals surface area contributed by atoms with E-state index < -0.39 is 0 Å². The predicted octanol–water partition coefficient (Wildman–Crippen LogP) is 5.68. The van der Waals surface area contributed by atoms with E-state index in [0.717, 1.165) is 24.8 Å². The molecule has 0 heterocycles. The molecule has 0 N–H and O–H groups in total. The highest BCUT2D eigenvalue weighted by Crippen LogP contribution is 2.31. The van der Waals surface area contributed by atoms with Crippen LogP contribution >= 0.6 is 11.8 Å². The fourth-order valence-electron chi connectivity index (χ4n) is 2.73. The summed E-state index contributed by atoms with van der Waals surface area (Å²) in [5.41, 5.74) is 1.14. The second-order valence-electron chi connectivity index (χ2n) is 6.39. The lowest BCUT2D eigenvalue weighted by molar-refractivity contribution is -0.118. The summed E-state index contributed by atoms with van der Waals surface area (Å²) in [6.07, 6.45) is 7.84. The quantitative estimate of drug-likeness (QED) is 0.714. The molecule has 118 valence electrons. The van der Waals surface area contributed by atoms with E-state index in [9.17, 15) is 4.79 Å². The zero-order chi connectivity index (χ0) is 15.9. The molecule has 1 nitrogen and oxygen atoms in total. The first-order valence-corrected chi connectivity index (χ1v) is 9.04. The van der Waals surface area contributed by atoms with Crippen molar-refractivity contribution in [1.29, 1.82) is 0 Å². The molecule has 0 fully saturated rings. The molecular weight excluding hydrogens is 288 g/mol. The van der Waals surface area contributed by atoms with E-state index in [2.05, 4.69) is 44.7 Å². The Hall–Kier alpha value is -1.28. The third kappa shape index (κ3) is 5.17. The first-order valence-electron chi connectivity index (χ1n) is 8.16. The summed E-state index contributed by atoms with van der Waals surface area (Å²) in [4.78, 5) is 13.8. The molecule has 0 saturated heterocycles. The normalized spacial score (nSPS) is 23.8. The van der Waals surface area contributed by atoms with Crippen molar-refractivity contribution in [3.05, 3.63) is 54.6 Å². The molecule has 0 amide bonds.